The van der Waals surface area contributed by atoms with E-state index in [0.717, 1.165) is 16.7 Å². The van der Waals surface area contributed by atoms with E-state index in [1.807, 2.05) is 12.1 Å². The number of amides is 1. The maximum absolute atomic E-state index is 14.0. The van der Waals surface area contributed by atoms with Crippen LogP contribution in [0.5, 0.6) is 5.75 Å². The number of benzene rings is 2. The number of aromatic nitrogens is 1. The third kappa shape index (κ3) is 3.27. The van der Waals surface area contributed by atoms with E-state index in [9.17, 15) is 14.3 Å². The Hall–Kier alpha value is -3.25. The van der Waals surface area contributed by atoms with Crippen molar-refractivity contribution in [1.29, 1.82) is 0 Å². The monoisotopic (exact) mass is 364 g/mol. The molecule has 4 rings (SSSR count). The van der Waals surface area contributed by atoms with Crippen molar-refractivity contribution in [2.45, 2.75) is 12.6 Å². The number of aliphatic hydroxyl groups excluding tert-OH is 1. The minimum Gasteiger partial charge on any atom is -0.488 e. The number of ether oxygens (including phenoxy) is 1. The molecule has 0 radical (unpaired) electrons. The lowest BCUT2D eigenvalue weighted by Gasteiger charge is -2.21. The highest BCUT2D eigenvalue weighted by Gasteiger charge is 2.21. The summed E-state index contributed by atoms with van der Waals surface area (Å²) in [5, 5.41) is 12.3. The first-order valence-corrected chi connectivity index (χ1v) is 8.53. The van der Waals surface area contributed by atoms with E-state index in [1.165, 1.54) is 12.1 Å². The highest BCUT2D eigenvalue weighted by atomic mass is 19.1. The smallest absolute Gasteiger partial charge is 0.251 e. The number of hydrogen-bond donors (Lipinski definition) is 2. The van der Waals surface area contributed by atoms with Crippen molar-refractivity contribution >= 4 is 5.91 Å². The van der Waals surface area contributed by atoms with Gasteiger partial charge in [0, 0.05) is 34.6 Å². The minimum absolute atomic E-state index is 0.240. The number of pyridine rings is 1. The van der Waals surface area contributed by atoms with Crippen LogP contribution >= 0.6 is 0 Å². The van der Waals surface area contributed by atoms with Crippen LogP contribution in [0.1, 0.15) is 27.5 Å². The zero-order chi connectivity index (χ0) is 18.8. The molecule has 0 spiro atoms. The lowest BCUT2D eigenvalue weighted by molar-refractivity contribution is 0.0914. The van der Waals surface area contributed by atoms with E-state index in [0.29, 0.717) is 17.9 Å². The van der Waals surface area contributed by atoms with E-state index in [4.69, 9.17) is 4.74 Å². The van der Waals surface area contributed by atoms with Gasteiger partial charge in [-0.05, 0) is 35.9 Å². The Balaban J connectivity index is 1.59. The average molecular weight is 364 g/mol. The highest BCUT2D eigenvalue weighted by Crippen LogP contribution is 2.37. The molecule has 1 aliphatic heterocycles. The number of halogens is 1. The maximum Gasteiger partial charge on any atom is 0.251 e. The summed E-state index contributed by atoms with van der Waals surface area (Å²) in [5.74, 6) is -0.284. The van der Waals surface area contributed by atoms with Crippen LogP contribution in [0, 0.1) is 5.82 Å². The van der Waals surface area contributed by atoms with Crippen molar-refractivity contribution in [3.05, 3.63) is 83.4 Å². The Morgan fingerprint density at radius 2 is 2.07 bits per heavy atom. The first-order valence-electron chi connectivity index (χ1n) is 8.53. The molecule has 136 valence electrons. The second-order valence-electron chi connectivity index (χ2n) is 6.26. The molecule has 0 saturated heterocycles. The van der Waals surface area contributed by atoms with Crippen LogP contribution in [0.3, 0.4) is 0 Å². The molecular weight excluding hydrogens is 347 g/mol. The molecule has 0 aliphatic carbocycles. The molecule has 1 unspecified atom stereocenters. The van der Waals surface area contributed by atoms with E-state index < -0.39 is 24.4 Å². The minimum atomic E-state index is -0.831. The molecular formula is C21H17FN2O3. The van der Waals surface area contributed by atoms with Crippen LogP contribution in [0.15, 0.2) is 60.9 Å². The van der Waals surface area contributed by atoms with Crippen molar-refractivity contribution in [1.82, 2.24) is 10.3 Å². The summed E-state index contributed by atoms with van der Waals surface area (Å²) in [7, 11) is 0. The number of nitrogens with zero attached hydrogens (tertiary/aromatic N) is 1. The Kier molecular flexibility index (Phi) is 4.56. The Morgan fingerprint density at radius 1 is 1.22 bits per heavy atom. The third-order valence-corrected chi connectivity index (χ3v) is 4.59. The zero-order valence-corrected chi connectivity index (χ0v) is 14.4. The molecule has 1 amide bonds. The van der Waals surface area contributed by atoms with E-state index >= 15 is 0 Å². The van der Waals surface area contributed by atoms with Gasteiger partial charge in [0.05, 0.1) is 12.6 Å². The Morgan fingerprint density at radius 3 is 2.89 bits per heavy atom. The number of rotatable bonds is 4. The molecule has 0 bridgehead atoms. The van der Waals surface area contributed by atoms with Gasteiger partial charge in [0.2, 0.25) is 0 Å². The van der Waals surface area contributed by atoms with E-state index in [2.05, 4.69) is 10.3 Å². The molecule has 27 heavy (non-hydrogen) atoms. The first kappa shape index (κ1) is 17.2. The fourth-order valence-electron chi connectivity index (χ4n) is 3.19. The van der Waals surface area contributed by atoms with Crippen LogP contribution in [0.4, 0.5) is 4.39 Å². The number of nitrogens with one attached hydrogen (secondary N) is 1. The van der Waals surface area contributed by atoms with Crippen molar-refractivity contribution in [3.8, 4) is 16.9 Å². The van der Waals surface area contributed by atoms with Gasteiger partial charge >= 0.3 is 0 Å². The fraction of sp³-hybridized carbons (Fsp3) is 0.143. The Labute approximate surface area is 155 Å². The molecule has 2 N–H and O–H groups in total. The van der Waals surface area contributed by atoms with Gasteiger partial charge in [-0.25, -0.2) is 4.39 Å². The molecule has 6 heteroatoms. The molecule has 0 fully saturated rings. The third-order valence-electron chi connectivity index (χ3n) is 4.59. The van der Waals surface area contributed by atoms with Crippen LogP contribution in [0.25, 0.3) is 11.1 Å². The first-order chi connectivity index (χ1) is 13.2. The molecule has 3 aromatic rings. The molecule has 0 saturated carbocycles. The summed E-state index contributed by atoms with van der Waals surface area (Å²) in [6.45, 7) is -0.0236. The topological polar surface area (TPSA) is 71.5 Å². The summed E-state index contributed by atoms with van der Waals surface area (Å²) in [5.41, 5.74) is 3.52. The van der Waals surface area contributed by atoms with Crippen LogP contribution in [-0.2, 0) is 6.61 Å². The van der Waals surface area contributed by atoms with Gasteiger partial charge in [-0.3, -0.25) is 9.78 Å². The van der Waals surface area contributed by atoms with Crippen LogP contribution < -0.4 is 10.1 Å². The van der Waals surface area contributed by atoms with Gasteiger partial charge < -0.3 is 15.2 Å². The van der Waals surface area contributed by atoms with Gasteiger partial charge in [0.25, 0.3) is 5.91 Å². The molecule has 5 nitrogen and oxygen atoms in total. The SMILES string of the molecule is O=C(NC(CO)c1ccccc1F)c1ccc2c(c1)OCc1cnccc1-2. The van der Waals surface area contributed by atoms with Gasteiger partial charge in [0.15, 0.2) is 0 Å². The lowest BCUT2D eigenvalue weighted by Crippen LogP contribution is -2.31. The number of fused-ring (bicyclic) bond motifs is 3. The second kappa shape index (κ2) is 7.17. The van der Waals surface area contributed by atoms with Crippen LogP contribution in [0.2, 0.25) is 0 Å². The van der Waals surface area contributed by atoms with Crippen molar-refractivity contribution in [2.24, 2.45) is 0 Å². The molecule has 1 aliphatic rings. The molecule has 2 aromatic carbocycles. The van der Waals surface area contributed by atoms with E-state index in [1.54, 1.807) is 36.7 Å². The van der Waals surface area contributed by atoms with Crippen LogP contribution in [-0.4, -0.2) is 22.6 Å². The number of hydrogen-bond acceptors (Lipinski definition) is 4. The van der Waals surface area contributed by atoms with Gasteiger partial charge in [0.1, 0.15) is 18.2 Å². The molecule has 2 heterocycles. The van der Waals surface area contributed by atoms with Crippen molar-refractivity contribution in [2.75, 3.05) is 6.61 Å². The van der Waals surface area contributed by atoms with Gasteiger partial charge in [-0.2, -0.15) is 0 Å². The zero-order valence-electron chi connectivity index (χ0n) is 14.4. The summed E-state index contributed by atoms with van der Waals surface area (Å²) in [6, 6.07) is 12.3. The standard InChI is InChI=1S/C21H17FN2O3/c22-18-4-2-1-3-17(18)19(11-25)24-21(26)13-5-6-16-15-7-8-23-10-14(15)12-27-20(16)9-13/h1-10,19,25H,11-12H2,(H,24,26). The lowest BCUT2D eigenvalue weighted by atomic mass is 9.97. The summed E-state index contributed by atoms with van der Waals surface area (Å²) >= 11 is 0. The number of aliphatic hydroxyl groups is 1. The van der Waals surface area contributed by atoms with Crippen molar-refractivity contribution in [3.63, 3.8) is 0 Å². The maximum atomic E-state index is 14.0. The molecule has 1 atom stereocenters. The van der Waals surface area contributed by atoms with Gasteiger partial charge in [-0.1, -0.05) is 18.2 Å². The summed E-state index contributed by atoms with van der Waals surface area (Å²) in [6.07, 6.45) is 3.48. The second-order valence-corrected chi connectivity index (χ2v) is 6.26. The molecule has 1 aromatic heterocycles. The fourth-order valence-corrected chi connectivity index (χ4v) is 3.19. The number of carbonyl (C=O) groups excluding carboxylic acids is 1. The van der Waals surface area contributed by atoms with Gasteiger partial charge in [-0.15, -0.1) is 0 Å². The summed E-state index contributed by atoms with van der Waals surface area (Å²) < 4.78 is 19.7. The predicted octanol–water partition coefficient (Wildman–Crippen LogP) is 3.24. The largest absolute Gasteiger partial charge is 0.488 e. The quantitative estimate of drug-likeness (QED) is 0.746. The Bertz CT molecular complexity index is 1010. The number of carbonyl (C=O) groups is 1. The predicted molar refractivity (Wildman–Crippen MR) is 97.7 cm³/mol. The average Bonchev–Trinajstić information content (AvgIpc) is 2.72. The summed E-state index contributed by atoms with van der Waals surface area (Å²) in [4.78, 5) is 16.7. The van der Waals surface area contributed by atoms with E-state index in [-0.39, 0.29) is 5.56 Å². The van der Waals surface area contributed by atoms with Crippen molar-refractivity contribution < 1.29 is 19.0 Å². The normalized spacial score (nSPS) is 13.1. The highest BCUT2D eigenvalue weighted by molar-refractivity contribution is 5.96.